The normalized spacial score (nSPS) is 14.4. The Kier molecular flexibility index (Phi) is 67.0. The number of carbonyl (C=O) groups excluding carboxylic acids is 4. The molecule has 0 aromatic rings. The molecule has 0 saturated heterocycles. The molecule has 5 unspecified atom stereocenters. The Labute approximate surface area is 583 Å². The van der Waals surface area contributed by atoms with Gasteiger partial charge in [-0.2, -0.15) is 0 Å². The lowest BCUT2D eigenvalue weighted by Gasteiger charge is -2.21. The van der Waals surface area contributed by atoms with Crippen molar-refractivity contribution in [1.82, 2.24) is 0 Å². The molecule has 0 radical (unpaired) electrons. The Balaban J connectivity index is 5.34. The molecule has 0 fully saturated rings. The number of hydrogen-bond donors (Lipinski definition) is 3. The molecule has 0 saturated carbocycles. The Morgan fingerprint density at radius 1 is 0.302 bits per heavy atom. The van der Waals surface area contributed by atoms with Gasteiger partial charge in [-0.1, -0.05) is 267 Å². The molecule has 5 atom stereocenters. The second kappa shape index (κ2) is 69.7. The largest absolute Gasteiger partial charge is 0.472 e. The van der Waals surface area contributed by atoms with Crippen molar-refractivity contribution in [2.45, 2.75) is 341 Å². The fourth-order valence-corrected chi connectivity index (χ4v) is 11.7. The predicted molar refractivity (Wildman–Crippen MR) is 390 cm³/mol. The highest BCUT2D eigenvalue weighted by Crippen LogP contribution is 2.45. The summed E-state index contributed by atoms with van der Waals surface area (Å²) in [6.45, 7) is 4.62. The van der Waals surface area contributed by atoms with Gasteiger partial charge in [-0.3, -0.25) is 37.3 Å². The zero-order valence-corrected chi connectivity index (χ0v) is 62.3. The van der Waals surface area contributed by atoms with E-state index in [0.717, 1.165) is 167 Å². The van der Waals surface area contributed by atoms with Crippen molar-refractivity contribution in [3.63, 3.8) is 0 Å². The lowest BCUT2D eigenvalue weighted by atomic mass is 10.1. The summed E-state index contributed by atoms with van der Waals surface area (Å²) in [6.07, 6.45) is 70.0. The van der Waals surface area contributed by atoms with E-state index in [1.807, 2.05) is 0 Å². The zero-order valence-electron chi connectivity index (χ0n) is 60.5. The molecule has 0 heterocycles. The summed E-state index contributed by atoms with van der Waals surface area (Å²) in [5, 5.41) is 10.6. The highest BCUT2D eigenvalue weighted by molar-refractivity contribution is 7.47. The average Bonchev–Trinajstić information content (AvgIpc) is 1.09. The van der Waals surface area contributed by atoms with E-state index in [1.165, 1.54) is 77.0 Å². The number of hydrogen-bond acceptors (Lipinski definition) is 15. The molecule has 0 rings (SSSR count). The van der Waals surface area contributed by atoms with Gasteiger partial charge in [0.25, 0.3) is 0 Å². The zero-order chi connectivity index (χ0) is 70.4. The van der Waals surface area contributed by atoms with Crippen LogP contribution >= 0.6 is 15.6 Å². The molecule has 0 aliphatic carbocycles. The minimum absolute atomic E-state index is 0.0827. The van der Waals surface area contributed by atoms with Crippen molar-refractivity contribution in [3.8, 4) is 0 Å². The van der Waals surface area contributed by atoms with Gasteiger partial charge in [-0.05, 0) is 116 Å². The van der Waals surface area contributed by atoms with Crippen LogP contribution < -0.4 is 0 Å². The monoisotopic (exact) mass is 1390 g/mol. The Morgan fingerprint density at radius 3 is 0.844 bits per heavy atom. The standard InChI is InChI=1S/C77H136O17P2/c1-5-9-13-17-21-25-29-32-35-38-42-45-49-53-57-61-74(79)87-67-72(93-76(81)63-59-55-51-47-41-28-24-20-16-12-8-4)69-91-95(83,84)89-65-71(78)66-90-96(85,86)92-70-73(94-77(82)64-60-56-52-48-44-40-37-34-31-27-23-19-15-11-7-3)68-88-75(80)62-58-54-50-46-43-39-36-33-30-26-22-18-14-10-6-2/h9-10,13-14,21-22,25-26,32-37,71-73,78H,5-8,11-12,15-20,23-24,27-31,38-70H2,1-4H3,(H,83,84)(H,85,86)/b13-9-,14-10-,25-21-,26-22-,35-32-,36-33-,37-34-. The van der Waals surface area contributed by atoms with Crippen LogP contribution in [0, 0.1) is 0 Å². The van der Waals surface area contributed by atoms with Gasteiger partial charge in [0.2, 0.25) is 0 Å². The smallest absolute Gasteiger partial charge is 0.462 e. The number of aliphatic hydroxyl groups is 1. The summed E-state index contributed by atoms with van der Waals surface area (Å²) in [7, 11) is -9.95. The number of esters is 4. The fourth-order valence-electron chi connectivity index (χ4n) is 10.1. The molecular formula is C77H136O17P2. The van der Waals surface area contributed by atoms with Crippen molar-refractivity contribution in [2.24, 2.45) is 0 Å². The number of allylic oxidation sites excluding steroid dienone is 14. The number of ether oxygens (including phenoxy) is 4. The SMILES string of the molecule is CC/C=C\C/C=C\C/C=C\CCCCCCCC(=O)OCC(COP(=O)(O)OCC(O)COP(=O)(O)OCC(COC(=O)CCCCCCC/C=C\C/C=C\C/C=C\CC)OC(=O)CCCCCCCCCCCCC)OC(=O)CCCCCCC/C=C\CCCCCCCC. The third-order valence-electron chi connectivity index (χ3n) is 15.9. The first kappa shape index (κ1) is 92.2. The van der Waals surface area contributed by atoms with Crippen LogP contribution in [0.5, 0.6) is 0 Å². The van der Waals surface area contributed by atoms with Gasteiger partial charge < -0.3 is 33.8 Å². The van der Waals surface area contributed by atoms with Gasteiger partial charge in [0.15, 0.2) is 12.2 Å². The maximum atomic E-state index is 13.1. The highest BCUT2D eigenvalue weighted by atomic mass is 31.2. The second-order valence-electron chi connectivity index (χ2n) is 25.2. The average molecular weight is 1400 g/mol. The molecule has 0 aromatic heterocycles. The van der Waals surface area contributed by atoms with Gasteiger partial charge in [0.1, 0.15) is 19.3 Å². The first-order valence-electron chi connectivity index (χ1n) is 37.8. The highest BCUT2D eigenvalue weighted by Gasteiger charge is 2.30. The van der Waals surface area contributed by atoms with Crippen LogP contribution in [0.4, 0.5) is 0 Å². The van der Waals surface area contributed by atoms with Crippen LogP contribution in [0.15, 0.2) is 85.1 Å². The minimum Gasteiger partial charge on any atom is -0.462 e. The van der Waals surface area contributed by atoms with E-state index >= 15 is 0 Å². The van der Waals surface area contributed by atoms with Crippen LogP contribution in [-0.4, -0.2) is 96.7 Å². The minimum atomic E-state index is -4.98. The van der Waals surface area contributed by atoms with Crippen molar-refractivity contribution in [3.05, 3.63) is 85.1 Å². The lowest BCUT2D eigenvalue weighted by molar-refractivity contribution is -0.161. The molecule has 0 aliphatic heterocycles. The Bertz CT molecular complexity index is 2160. The lowest BCUT2D eigenvalue weighted by Crippen LogP contribution is -2.30. The molecule has 96 heavy (non-hydrogen) atoms. The molecule has 0 bridgehead atoms. The van der Waals surface area contributed by atoms with E-state index in [1.54, 1.807) is 0 Å². The number of aliphatic hydroxyl groups excluding tert-OH is 1. The Morgan fingerprint density at radius 2 is 0.542 bits per heavy atom. The molecule has 0 aromatic carbocycles. The number of phosphoric ester groups is 2. The summed E-state index contributed by atoms with van der Waals surface area (Å²) in [6, 6.07) is 0. The molecule has 3 N–H and O–H groups in total. The van der Waals surface area contributed by atoms with Gasteiger partial charge >= 0.3 is 39.5 Å². The molecule has 0 spiro atoms. The molecule has 0 aliphatic rings. The molecule has 556 valence electrons. The third-order valence-corrected chi connectivity index (χ3v) is 17.8. The molecule has 0 amide bonds. The maximum absolute atomic E-state index is 13.1. The quantitative estimate of drug-likeness (QED) is 0.0169. The van der Waals surface area contributed by atoms with Crippen molar-refractivity contribution >= 4 is 39.5 Å². The van der Waals surface area contributed by atoms with Gasteiger partial charge in [0.05, 0.1) is 26.4 Å². The summed E-state index contributed by atoms with van der Waals surface area (Å²) < 4.78 is 68.4. The second-order valence-corrected chi connectivity index (χ2v) is 28.1. The summed E-state index contributed by atoms with van der Waals surface area (Å²) in [4.78, 5) is 72.8. The van der Waals surface area contributed by atoms with Crippen LogP contribution in [0.25, 0.3) is 0 Å². The Hall–Kier alpha value is -3.76. The first-order chi connectivity index (χ1) is 46.7. The predicted octanol–water partition coefficient (Wildman–Crippen LogP) is 21.4. The number of carbonyl (C=O) groups is 4. The van der Waals surface area contributed by atoms with Gasteiger partial charge in [-0.15, -0.1) is 0 Å². The maximum Gasteiger partial charge on any atom is 0.472 e. The fraction of sp³-hybridized carbons (Fsp3) is 0.766. The van der Waals surface area contributed by atoms with E-state index < -0.39 is 97.5 Å². The molecular weight excluding hydrogens is 1260 g/mol. The summed E-state index contributed by atoms with van der Waals surface area (Å²) in [5.41, 5.74) is 0. The molecule has 17 nitrogen and oxygen atoms in total. The summed E-state index contributed by atoms with van der Waals surface area (Å²) in [5.74, 6) is -2.20. The van der Waals surface area contributed by atoms with E-state index in [4.69, 9.17) is 37.0 Å². The van der Waals surface area contributed by atoms with Gasteiger partial charge in [0, 0.05) is 25.7 Å². The topological polar surface area (TPSA) is 237 Å². The number of phosphoric acid groups is 2. The third kappa shape index (κ3) is 68.8. The van der Waals surface area contributed by atoms with Crippen molar-refractivity contribution in [1.29, 1.82) is 0 Å². The van der Waals surface area contributed by atoms with Crippen LogP contribution in [-0.2, 0) is 65.4 Å². The van der Waals surface area contributed by atoms with Crippen molar-refractivity contribution < 1.29 is 80.2 Å². The van der Waals surface area contributed by atoms with E-state index in [2.05, 4.69) is 113 Å². The molecule has 19 heteroatoms. The van der Waals surface area contributed by atoms with Crippen LogP contribution in [0.1, 0.15) is 323 Å². The van der Waals surface area contributed by atoms with E-state index in [0.29, 0.717) is 25.7 Å². The van der Waals surface area contributed by atoms with Gasteiger partial charge in [-0.25, -0.2) is 9.13 Å². The number of rotatable bonds is 71. The van der Waals surface area contributed by atoms with E-state index in [-0.39, 0.29) is 25.7 Å². The van der Waals surface area contributed by atoms with Crippen molar-refractivity contribution in [2.75, 3.05) is 39.6 Å². The van der Waals surface area contributed by atoms with Crippen LogP contribution in [0.3, 0.4) is 0 Å². The summed E-state index contributed by atoms with van der Waals surface area (Å²) >= 11 is 0. The number of unbranched alkanes of at least 4 members (excludes halogenated alkanes) is 31. The first-order valence-corrected chi connectivity index (χ1v) is 40.8. The van der Waals surface area contributed by atoms with Crippen LogP contribution in [0.2, 0.25) is 0 Å². The van der Waals surface area contributed by atoms with E-state index in [9.17, 15) is 43.2 Å².